The highest BCUT2D eigenvalue weighted by Crippen LogP contribution is 2.61. The number of hydrogen-bond donors (Lipinski definition) is 1. The number of carbonyl (C=O) groups excluding carboxylic acids is 2. The number of fused-ring (bicyclic) bond motifs is 1. The van der Waals surface area contributed by atoms with Crippen molar-refractivity contribution in [2.45, 2.75) is 75.6 Å². The molecule has 4 nitrogen and oxygen atoms in total. The normalized spacial score (nSPS) is 32.0. The fourth-order valence-corrected chi connectivity index (χ4v) is 7.87. The predicted molar refractivity (Wildman–Crippen MR) is 118 cm³/mol. The lowest BCUT2D eigenvalue weighted by Gasteiger charge is -2.59. The number of rotatable bonds is 7. The van der Waals surface area contributed by atoms with Crippen LogP contribution in [-0.2, 0) is 27.2 Å². The molecule has 0 aliphatic heterocycles. The average Bonchev–Trinajstić information content (AvgIpc) is 3.17. The summed E-state index contributed by atoms with van der Waals surface area (Å²) in [5, 5.41) is 3.17. The molecule has 5 aliphatic rings. The maximum Gasteiger partial charge on any atom is 0.316 e. The van der Waals surface area contributed by atoms with Crippen LogP contribution < -0.4 is 5.32 Å². The second-order valence-electron chi connectivity index (χ2n) is 10.3. The van der Waals surface area contributed by atoms with Gasteiger partial charge in [0.2, 0.25) is 0 Å². The molecule has 5 heteroatoms. The number of carbonyl (C=O) groups is 2. The summed E-state index contributed by atoms with van der Waals surface area (Å²) >= 11 is 1.49. The molecule has 0 radical (unpaired) electrons. The van der Waals surface area contributed by atoms with Crippen LogP contribution in [0.2, 0.25) is 0 Å². The summed E-state index contributed by atoms with van der Waals surface area (Å²) in [5.41, 5.74) is 3.12. The van der Waals surface area contributed by atoms with Crippen molar-refractivity contribution in [3.8, 4) is 0 Å². The Labute approximate surface area is 183 Å². The van der Waals surface area contributed by atoms with E-state index in [2.05, 4.69) is 30.4 Å². The van der Waals surface area contributed by atoms with E-state index in [1.54, 1.807) is 0 Å². The molecule has 1 N–H and O–H groups in total. The fourth-order valence-electron chi connectivity index (χ4n) is 7.11. The van der Waals surface area contributed by atoms with E-state index in [1.807, 2.05) is 0 Å². The monoisotopic (exact) mass is 427 g/mol. The molecule has 0 saturated heterocycles. The smallest absolute Gasteiger partial charge is 0.316 e. The van der Waals surface area contributed by atoms with Crippen LogP contribution in [0.5, 0.6) is 0 Å². The first kappa shape index (κ1) is 20.4. The zero-order chi connectivity index (χ0) is 20.7. The van der Waals surface area contributed by atoms with E-state index in [0.717, 1.165) is 29.1 Å². The molecule has 0 unspecified atom stereocenters. The molecular formula is C25H33NO3S. The van der Waals surface area contributed by atoms with Crippen LogP contribution in [0.15, 0.2) is 23.1 Å². The number of aryl methyl sites for hydroxylation is 2. The van der Waals surface area contributed by atoms with Gasteiger partial charge in [-0.3, -0.25) is 9.59 Å². The molecule has 0 aromatic heterocycles. The Balaban J connectivity index is 1.07. The van der Waals surface area contributed by atoms with Gasteiger partial charge in [-0.1, -0.05) is 6.07 Å². The van der Waals surface area contributed by atoms with Gasteiger partial charge in [-0.15, -0.1) is 11.8 Å². The minimum absolute atomic E-state index is 0.158. The molecule has 6 rings (SSSR count). The Morgan fingerprint density at radius 1 is 1.10 bits per heavy atom. The standard InChI is InChI=1S/C25H33NO3S/c1-16(25-11-17-7-18(12-25)9-19(8-17)13-25)26-23(27)14-29-24(28)15-30-22-6-5-20-3-2-4-21(20)10-22/h5-6,10,16-19H,2-4,7-9,11-15H2,1H3,(H,26,27)/t16-,17?,18?,19?,25?/m1/s1. The van der Waals surface area contributed by atoms with E-state index in [1.165, 1.54) is 74.3 Å². The first-order chi connectivity index (χ1) is 14.5. The lowest BCUT2D eigenvalue weighted by atomic mass is 9.48. The lowest BCUT2D eigenvalue weighted by Crippen LogP contribution is -2.56. The molecular weight excluding hydrogens is 394 g/mol. The second-order valence-corrected chi connectivity index (χ2v) is 11.4. The molecule has 1 amide bonds. The summed E-state index contributed by atoms with van der Waals surface area (Å²) in [6.45, 7) is 2.00. The van der Waals surface area contributed by atoms with Crippen molar-refractivity contribution in [1.82, 2.24) is 5.32 Å². The highest BCUT2D eigenvalue weighted by Gasteiger charge is 2.53. The fraction of sp³-hybridized carbons (Fsp3) is 0.680. The third-order valence-corrected chi connectivity index (χ3v) is 9.14. The van der Waals surface area contributed by atoms with E-state index >= 15 is 0 Å². The Hall–Kier alpha value is -1.49. The van der Waals surface area contributed by atoms with E-state index in [4.69, 9.17) is 4.74 Å². The zero-order valence-electron chi connectivity index (χ0n) is 18.0. The molecule has 1 aromatic carbocycles. The Bertz CT molecular complexity index is 800. The summed E-state index contributed by atoms with van der Waals surface area (Å²) in [6, 6.07) is 6.62. The number of ether oxygens (including phenoxy) is 1. The average molecular weight is 428 g/mol. The largest absolute Gasteiger partial charge is 0.455 e. The van der Waals surface area contributed by atoms with Crippen LogP contribution >= 0.6 is 11.8 Å². The maximum atomic E-state index is 12.5. The van der Waals surface area contributed by atoms with Crippen LogP contribution in [0.3, 0.4) is 0 Å². The zero-order valence-corrected chi connectivity index (χ0v) is 18.8. The Morgan fingerprint density at radius 3 is 2.47 bits per heavy atom. The van der Waals surface area contributed by atoms with Crippen molar-refractivity contribution in [3.05, 3.63) is 29.3 Å². The van der Waals surface area contributed by atoms with Crippen LogP contribution in [0.25, 0.3) is 0 Å². The first-order valence-electron chi connectivity index (χ1n) is 11.7. The van der Waals surface area contributed by atoms with Gasteiger partial charge in [-0.25, -0.2) is 0 Å². The van der Waals surface area contributed by atoms with E-state index in [-0.39, 0.29) is 35.7 Å². The van der Waals surface area contributed by atoms with Gasteiger partial charge < -0.3 is 10.1 Å². The van der Waals surface area contributed by atoms with Crippen LogP contribution in [0, 0.1) is 23.2 Å². The maximum absolute atomic E-state index is 12.5. The van der Waals surface area contributed by atoms with Gasteiger partial charge in [0.05, 0.1) is 5.75 Å². The summed E-state index contributed by atoms with van der Waals surface area (Å²) in [4.78, 5) is 25.7. The number of esters is 1. The Kier molecular flexibility index (Phi) is 5.59. The van der Waals surface area contributed by atoms with Gasteiger partial charge in [0.15, 0.2) is 6.61 Å². The molecule has 30 heavy (non-hydrogen) atoms. The summed E-state index contributed by atoms with van der Waals surface area (Å²) < 4.78 is 5.27. The summed E-state index contributed by atoms with van der Waals surface area (Å²) in [7, 11) is 0. The van der Waals surface area contributed by atoms with Gasteiger partial charge in [-0.2, -0.15) is 0 Å². The quantitative estimate of drug-likeness (QED) is 0.513. The molecule has 4 bridgehead atoms. The molecule has 4 saturated carbocycles. The van der Waals surface area contributed by atoms with Gasteiger partial charge in [0, 0.05) is 10.9 Å². The van der Waals surface area contributed by atoms with Crippen molar-refractivity contribution >= 4 is 23.6 Å². The van der Waals surface area contributed by atoms with Crippen LogP contribution in [0.1, 0.15) is 63.0 Å². The summed E-state index contributed by atoms with van der Waals surface area (Å²) in [5.74, 6) is 2.36. The molecule has 5 aliphatic carbocycles. The van der Waals surface area contributed by atoms with Gasteiger partial charge in [0.1, 0.15) is 0 Å². The van der Waals surface area contributed by atoms with Crippen molar-refractivity contribution in [3.63, 3.8) is 0 Å². The van der Waals surface area contributed by atoms with Crippen LogP contribution in [-0.4, -0.2) is 30.3 Å². The SMILES string of the molecule is C[C@@H](NC(=O)COC(=O)CSc1ccc2c(c1)CCC2)C12CC3CC(CC(C3)C1)C2. The molecule has 0 heterocycles. The molecule has 162 valence electrons. The second kappa shape index (κ2) is 8.22. The minimum Gasteiger partial charge on any atom is -0.455 e. The molecule has 1 aromatic rings. The van der Waals surface area contributed by atoms with Crippen molar-refractivity contribution in [2.75, 3.05) is 12.4 Å². The van der Waals surface area contributed by atoms with Crippen molar-refractivity contribution in [1.29, 1.82) is 0 Å². The van der Waals surface area contributed by atoms with E-state index in [0.29, 0.717) is 0 Å². The number of thioether (sulfide) groups is 1. The molecule has 4 fully saturated rings. The van der Waals surface area contributed by atoms with Crippen LogP contribution in [0.4, 0.5) is 0 Å². The van der Waals surface area contributed by atoms with Crippen molar-refractivity contribution in [2.24, 2.45) is 23.2 Å². The number of hydrogen-bond acceptors (Lipinski definition) is 4. The number of amides is 1. The van der Waals surface area contributed by atoms with Crippen molar-refractivity contribution < 1.29 is 14.3 Å². The third-order valence-electron chi connectivity index (χ3n) is 8.17. The minimum atomic E-state index is -0.321. The van der Waals surface area contributed by atoms with Gasteiger partial charge in [-0.05, 0) is 111 Å². The molecule has 0 spiro atoms. The highest BCUT2D eigenvalue weighted by molar-refractivity contribution is 8.00. The third kappa shape index (κ3) is 4.15. The summed E-state index contributed by atoms with van der Waals surface area (Å²) in [6.07, 6.45) is 11.5. The highest BCUT2D eigenvalue weighted by atomic mass is 32.2. The van der Waals surface area contributed by atoms with E-state index < -0.39 is 0 Å². The van der Waals surface area contributed by atoms with Gasteiger partial charge in [0.25, 0.3) is 5.91 Å². The lowest BCUT2D eigenvalue weighted by molar-refractivity contribution is -0.147. The number of nitrogens with one attached hydrogen (secondary N) is 1. The number of benzene rings is 1. The Morgan fingerprint density at radius 2 is 1.77 bits per heavy atom. The van der Waals surface area contributed by atoms with E-state index in [9.17, 15) is 9.59 Å². The predicted octanol–water partition coefficient (Wildman–Crippen LogP) is 4.53. The topological polar surface area (TPSA) is 55.4 Å². The molecule has 1 atom stereocenters. The van der Waals surface area contributed by atoms with Gasteiger partial charge >= 0.3 is 5.97 Å². The first-order valence-corrected chi connectivity index (χ1v) is 12.7.